The number of hydrogen-bond donors (Lipinski definition) is 2. The van der Waals surface area contributed by atoms with Crippen LogP contribution in [-0.2, 0) is 4.74 Å². The highest BCUT2D eigenvalue weighted by Gasteiger charge is 2.14. The molecule has 0 unspecified atom stereocenters. The maximum absolute atomic E-state index is 11.3. The number of aryl methyl sites for hydroxylation is 1. The standard InChI is InChI=1S/C14H18N2O3/c1-10-7-8-12(17)11(16-10)6-5-9-15-13(18)19-14(2,3)4/h7-8,17H,9H2,1-4H3,(H,15,18). The molecule has 1 aromatic rings. The van der Waals surface area contributed by atoms with E-state index >= 15 is 0 Å². The lowest BCUT2D eigenvalue weighted by molar-refractivity contribution is 0.0535. The monoisotopic (exact) mass is 262 g/mol. The molecule has 0 fully saturated rings. The summed E-state index contributed by atoms with van der Waals surface area (Å²) in [5.41, 5.74) is 0.529. The molecule has 0 radical (unpaired) electrons. The van der Waals surface area contributed by atoms with E-state index in [9.17, 15) is 9.90 Å². The Balaban J connectivity index is 2.52. The average molecular weight is 262 g/mol. The van der Waals surface area contributed by atoms with Crippen molar-refractivity contribution >= 4 is 6.09 Å². The van der Waals surface area contributed by atoms with E-state index < -0.39 is 11.7 Å². The first-order valence-corrected chi connectivity index (χ1v) is 5.90. The highest BCUT2D eigenvalue weighted by molar-refractivity contribution is 5.68. The summed E-state index contributed by atoms with van der Waals surface area (Å²) in [5, 5.41) is 12.0. The van der Waals surface area contributed by atoms with Crippen LogP contribution < -0.4 is 5.32 Å². The molecule has 0 saturated carbocycles. The molecule has 5 nitrogen and oxygen atoms in total. The predicted octanol–water partition coefficient (Wildman–Crippen LogP) is 1.97. The van der Waals surface area contributed by atoms with E-state index in [-0.39, 0.29) is 12.3 Å². The smallest absolute Gasteiger partial charge is 0.408 e. The van der Waals surface area contributed by atoms with Crippen molar-refractivity contribution in [3.63, 3.8) is 0 Å². The van der Waals surface area contributed by atoms with Crippen LogP contribution in [-0.4, -0.2) is 28.3 Å². The van der Waals surface area contributed by atoms with E-state index in [1.807, 2.05) is 6.92 Å². The molecular weight excluding hydrogens is 244 g/mol. The van der Waals surface area contributed by atoms with Crippen LogP contribution in [0.1, 0.15) is 32.2 Å². The van der Waals surface area contributed by atoms with Gasteiger partial charge in [0.1, 0.15) is 11.4 Å². The molecular formula is C14H18N2O3. The molecule has 19 heavy (non-hydrogen) atoms. The first kappa shape index (κ1) is 14.8. The van der Waals surface area contributed by atoms with E-state index in [1.54, 1.807) is 26.8 Å². The highest BCUT2D eigenvalue weighted by Crippen LogP contribution is 2.12. The van der Waals surface area contributed by atoms with E-state index in [1.165, 1.54) is 6.07 Å². The average Bonchev–Trinajstić information content (AvgIpc) is 2.26. The number of pyridine rings is 1. The van der Waals surface area contributed by atoms with Crippen molar-refractivity contribution in [3.8, 4) is 17.6 Å². The lowest BCUT2D eigenvalue weighted by Gasteiger charge is -2.18. The molecule has 1 aromatic heterocycles. The second-order valence-electron chi connectivity index (χ2n) is 4.98. The van der Waals surface area contributed by atoms with Crippen molar-refractivity contribution in [3.05, 3.63) is 23.5 Å². The predicted molar refractivity (Wildman–Crippen MR) is 71.8 cm³/mol. The summed E-state index contributed by atoms with van der Waals surface area (Å²) in [6.45, 7) is 7.29. The Bertz CT molecular complexity index is 522. The molecule has 1 heterocycles. The summed E-state index contributed by atoms with van der Waals surface area (Å²) in [4.78, 5) is 15.4. The Morgan fingerprint density at radius 1 is 1.47 bits per heavy atom. The number of hydrogen-bond acceptors (Lipinski definition) is 4. The minimum absolute atomic E-state index is 0.0235. The van der Waals surface area contributed by atoms with Crippen LogP contribution in [0, 0.1) is 18.8 Å². The number of alkyl carbamates (subject to hydrolysis) is 1. The fraction of sp³-hybridized carbons (Fsp3) is 0.429. The van der Waals surface area contributed by atoms with Gasteiger partial charge in [-0.15, -0.1) is 0 Å². The van der Waals surface area contributed by atoms with Gasteiger partial charge in [-0.3, -0.25) is 0 Å². The van der Waals surface area contributed by atoms with Gasteiger partial charge in [0.05, 0.1) is 6.54 Å². The van der Waals surface area contributed by atoms with Gasteiger partial charge in [0, 0.05) is 5.69 Å². The Labute approximate surface area is 113 Å². The summed E-state index contributed by atoms with van der Waals surface area (Å²) in [5.74, 6) is 5.42. The van der Waals surface area contributed by atoms with Crippen molar-refractivity contribution in [2.24, 2.45) is 0 Å². The van der Waals surface area contributed by atoms with Gasteiger partial charge in [-0.25, -0.2) is 9.78 Å². The first-order valence-electron chi connectivity index (χ1n) is 5.90. The number of nitrogens with zero attached hydrogens (tertiary/aromatic N) is 1. The molecule has 0 spiro atoms. The molecule has 2 N–H and O–H groups in total. The van der Waals surface area contributed by atoms with Crippen molar-refractivity contribution in [1.82, 2.24) is 10.3 Å². The van der Waals surface area contributed by atoms with Gasteiger partial charge < -0.3 is 15.2 Å². The minimum atomic E-state index is -0.534. The van der Waals surface area contributed by atoms with Gasteiger partial charge in [0.25, 0.3) is 0 Å². The molecule has 0 aliphatic heterocycles. The van der Waals surface area contributed by atoms with Crippen LogP contribution in [0.3, 0.4) is 0 Å². The van der Waals surface area contributed by atoms with E-state index in [2.05, 4.69) is 22.1 Å². The van der Waals surface area contributed by atoms with Gasteiger partial charge in [0.2, 0.25) is 0 Å². The van der Waals surface area contributed by atoms with Gasteiger partial charge in [-0.05, 0) is 45.7 Å². The molecule has 1 amide bonds. The summed E-state index contributed by atoms with van der Waals surface area (Å²) in [7, 11) is 0. The Kier molecular flexibility index (Phi) is 4.76. The SMILES string of the molecule is Cc1ccc(O)c(C#CCNC(=O)OC(C)(C)C)n1. The molecule has 102 valence electrons. The number of carbonyl (C=O) groups excluding carboxylic acids is 1. The second kappa shape index (κ2) is 6.10. The number of rotatable bonds is 1. The summed E-state index contributed by atoms with van der Waals surface area (Å²) < 4.78 is 5.05. The molecule has 0 aliphatic rings. The number of nitrogens with one attached hydrogen (secondary N) is 1. The lowest BCUT2D eigenvalue weighted by Crippen LogP contribution is -2.32. The molecule has 0 aromatic carbocycles. The third kappa shape index (κ3) is 5.77. The van der Waals surface area contributed by atoms with Crippen LogP contribution in [0.4, 0.5) is 4.79 Å². The van der Waals surface area contributed by atoms with Crippen molar-refractivity contribution in [2.75, 3.05) is 6.54 Å². The summed E-state index contributed by atoms with van der Waals surface area (Å²) in [6.07, 6.45) is -0.525. The zero-order valence-corrected chi connectivity index (χ0v) is 11.6. The van der Waals surface area contributed by atoms with Crippen LogP contribution in [0.15, 0.2) is 12.1 Å². The van der Waals surface area contributed by atoms with Gasteiger partial charge in [0.15, 0.2) is 5.69 Å². The van der Waals surface area contributed by atoms with E-state index in [0.29, 0.717) is 5.69 Å². The lowest BCUT2D eigenvalue weighted by atomic mass is 10.2. The van der Waals surface area contributed by atoms with Crippen molar-refractivity contribution in [1.29, 1.82) is 0 Å². The number of carbonyl (C=O) groups is 1. The third-order valence-corrected chi connectivity index (χ3v) is 1.94. The molecule has 0 saturated heterocycles. The van der Waals surface area contributed by atoms with Crippen molar-refractivity contribution in [2.45, 2.75) is 33.3 Å². The Morgan fingerprint density at radius 2 is 2.16 bits per heavy atom. The summed E-state index contributed by atoms with van der Waals surface area (Å²) in [6, 6.07) is 3.23. The number of aromatic hydroxyl groups is 1. The zero-order valence-electron chi connectivity index (χ0n) is 11.6. The van der Waals surface area contributed by atoms with Crippen LogP contribution in [0.25, 0.3) is 0 Å². The third-order valence-electron chi connectivity index (χ3n) is 1.94. The van der Waals surface area contributed by atoms with Crippen LogP contribution >= 0.6 is 0 Å². The second-order valence-corrected chi connectivity index (χ2v) is 4.98. The molecule has 0 bridgehead atoms. The van der Waals surface area contributed by atoms with E-state index in [4.69, 9.17) is 4.74 Å². The van der Waals surface area contributed by atoms with Crippen LogP contribution in [0.2, 0.25) is 0 Å². The zero-order chi connectivity index (χ0) is 14.5. The Morgan fingerprint density at radius 3 is 2.79 bits per heavy atom. The van der Waals surface area contributed by atoms with E-state index in [0.717, 1.165) is 5.69 Å². The summed E-state index contributed by atoms with van der Waals surface area (Å²) >= 11 is 0. The largest absolute Gasteiger partial charge is 0.505 e. The topological polar surface area (TPSA) is 71.5 Å². The van der Waals surface area contributed by atoms with Crippen LogP contribution in [0.5, 0.6) is 5.75 Å². The number of ether oxygens (including phenoxy) is 1. The molecule has 1 rings (SSSR count). The highest BCUT2D eigenvalue weighted by atomic mass is 16.6. The normalized spacial score (nSPS) is 10.3. The number of aromatic nitrogens is 1. The number of amides is 1. The molecule has 5 heteroatoms. The Hall–Kier alpha value is -2.22. The fourth-order valence-electron chi connectivity index (χ4n) is 1.20. The fourth-order valence-corrected chi connectivity index (χ4v) is 1.20. The van der Waals surface area contributed by atoms with Crippen molar-refractivity contribution < 1.29 is 14.6 Å². The molecule has 0 atom stereocenters. The van der Waals surface area contributed by atoms with Gasteiger partial charge in [-0.2, -0.15) is 0 Å². The first-order chi connectivity index (χ1) is 8.78. The quantitative estimate of drug-likeness (QED) is 0.759. The minimum Gasteiger partial charge on any atom is -0.505 e. The van der Waals surface area contributed by atoms with Gasteiger partial charge >= 0.3 is 6.09 Å². The molecule has 0 aliphatic carbocycles. The maximum atomic E-state index is 11.3. The van der Waals surface area contributed by atoms with Gasteiger partial charge in [-0.1, -0.05) is 5.92 Å². The maximum Gasteiger partial charge on any atom is 0.408 e.